The molecule has 3 nitrogen and oxygen atoms in total. The Balaban J connectivity index is 1.52. The first-order valence-corrected chi connectivity index (χ1v) is 7.56. The van der Waals surface area contributed by atoms with Gasteiger partial charge in [0.05, 0.1) is 5.56 Å². The van der Waals surface area contributed by atoms with E-state index in [9.17, 15) is 17.6 Å². The van der Waals surface area contributed by atoms with Crippen molar-refractivity contribution in [3.8, 4) is 11.5 Å². The lowest BCUT2D eigenvalue weighted by atomic mass is 10.1. The fraction of sp³-hybridized carbons (Fsp3) is 0.222. The molecule has 0 aromatic heterocycles. The summed E-state index contributed by atoms with van der Waals surface area (Å²) in [5.41, 5.74) is 0.110. The van der Waals surface area contributed by atoms with E-state index in [1.165, 1.54) is 6.08 Å². The van der Waals surface area contributed by atoms with Gasteiger partial charge in [-0.15, -0.1) is 0 Å². The molecule has 25 heavy (non-hydrogen) atoms. The maximum atomic E-state index is 13.7. The average molecular weight is 353 g/mol. The van der Waals surface area contributed by atoms with Crippen LogP contribution in [-0.2, 0) is 12.7 Å². The third-order valence-corrected chi connectivity index (χ3v) is 3.65. The third-order valence-electron chi connectivity index (χ3n) is 3.65. The van der Waals surface area contributed by atoms with Gasteiger partial charge in [0.1, 0.15) is 5.82 Å². The molecule has 0 aliphatic carbocycles. The molecule has 3 rings (SSSR count). The second kappa shape index (κ2) is 7.14. The van der Waals surface area contributed by atoms with Crippen molar-refractivity contribution in [2.24, 2.45) is 0 Å². The summed E-state index contributed by atoms with van der Waals surface area (Å²) in [6.45, 7) is 1.22. The number of ether oxygens (including phenoxy) is 2. The summed E-state index contributed by atoms with van der Waals surface area (Å²) in [4.78, 5) is 0. The van der Waals surface area contributed by atoms with E-state index in [4.69, 9.17) is 9.47 Å². The van der Waals surface area contributed by atoms with Crippen molar-refractivity contribution in [3.05, 3.63) is 65.0 Å². The first-order chi connectivity index (χ1) is 11.9. The number of rotatable bonds is 5. The second-order valence-corrected chi connectivity index (χ2v) is 5.45. The Morgan fingerprint density at radius 1 is 1.04 bits per heavy atom. The minimum atomic E-state index is -4.55. The molecule has 2 aromatic carbocycles. The van der Waals surface area contributed by atoms with Crippen molar-refractivity contribution in [2.75, 3.05) is 13.3 Å². The van der Waals surface area contributed by atoms with Crippen molar-refractivity contribution in [1.82, 2.24) is 5.32 Å². The molecule has 1 aliphatic rings. The monoisotopic (exact) mass is 353 g/mol. The zero-order valence-electron chi connectivity index (χ0n) is 13.1. The van der Waals surface area contributed by atoms with Gasteiger partial charge < -0.3 is 14.8 Å². The van der Waals surface area contributed by atoms with Crippen LogP contribution in [0, 0.1) is 5.82 Å². The zero-order chi connectivity index (χ0) is 17.9. The highest BCUT2D eigenvalue weighted by atomic mass is 19.4. The lowest BCUT2D eigenvalue weighted by molar-refractivity contribution is -0.137. The van der Waals surface area contributed by atoms with Crippen molar-refractivity contribution < 1.29 is 27.0 Å². The Bertz CT molecular complexity index is 787. The second-order valence-electron chi connectivity index (χ2n) is 5.45. The predicted molar refractivity (Wildman–Crippen MR) is 84.7 cm³/mol. The molecule has 1 aliphatic heterocycles. The summed E-state index contributed by atoms with van der Waals surface area (Å²) in [5, 5.41) is 3.13. The maximum absolute atomic E-state index is 13.7. The highest BCUT2D eigenvalue weighted by Gasteiger charge is 2.30. The summed E-state index contributed by atoms with van der Waals surface area (Å²) in [7, 11) is 0. The molecular formula is C18H15F4NO2. The normalized spacial score (nSPS) is 13.6. The van der Waals surface area contributed by atoms with Gasteiger partial charge in [-0.05, 0) is 29.8 Å². The smallest absolute Gasteiger partial charge is 0.416 e. The number of benzene rings is 2. The largest absolute Gasteiger partial charge is 0.454 e. The summed E-state index contributed by atoms with van der Waals surface area (Å²) < 4.78 is 61.7. The van der Waals surface area contributed by atoms with Crippen molar-refractivity contribution >= 4 is 6.08 Å². The number of halogens is 4. The molecule has 0 radical (unpaired) electrons. The number of alkyl halides is 3. The first kappa shape index (κ1) is 17.3. The average Bonchev–Trinajstić information content (AvgIpc) is 3.02. The Morgan fingerprint density at radius 3 is 2.60 bits per heavy atom. The number of nitrogens with one attached hydrogen (secondary N) is 1. The van der Waals surface area contributed by atoms with Crippen LogP contribution >= 0.6 is 0 Å². The highest BCUT2D eigenvalue weighted by Crippen LogP contribution is 2.32. The van der Waals surface area contributed by atoms with Crippen LogP contribution in [0.1, 0.15) is 16.7 Å². The Hall–Kier alpha value is -2.54. The summed E-state index contributed by atoms with van der Waals surface area (Å²) in [5.74, 6) is 0.505. The van der Waals surface area contributed by atoms with Crippen LogP contribution < -0.4 is 14.8 Å². The van der Waals surface area contributed by atoms with Crippen LogP contribution in [0.25, 0.3) is 6.08 Å². The van der Waals surface area contributed by atoms with Gasteiger partial charge in [-0.2, -0.15) is 13.2 Å². The van der Waals surface area contributed by atoms with Gasteiger partial charge in [-0.1, -0.05) is 24.3 Å². The quantitative estimate of drug-likeness (QED) is 0.639. The maximum Gasteiger partial charge on any atom is 0.416 e. The van der Waals surface area contributed by atoms with Crippen LogP contribution in [0.2, 0.25) is 0 Å². The summed E-state index contributed by atoms with van der Waals surface area (Å²) in [6.07, 6.45) is -1.45. The Morgan fingerprint density at radius 2 is 1.84 bits per heavy atom. The molecular weight excluding hydrogens is 338 g/mol. The number of fused-ring (bicyclic) bond motifs is 1. The van der Waals surface area contributed by atoms with Crippen LogP contribution in [0.5, 0.6) is 11.5 Å². The van der Waals surface area contributed by atoms with E-state index >= 15 is 0 Å². The standard InChI is InChI=1S/C18H15F4NO2/c19-15-9-14(18(20,21)22)5-4-13(15)2-1-7-23-10-12-3-6-16-17(8-12)25-11-24-16/h1-6,8-9,23H,7,10-11H2/b2-1+. The topological polar surface area (TPSA) is 30.5 Å². The summed E-state index contributed by atoms with van der Waals surface area (Å²) in [6, 6.07) is 8.08. The fourth-order valence-electron chi connectivity index (χ4n) is 2.38. The van der Waals surface area contributed by atoms with Crippen molar-refractivity contribution in [1.29, 1.82) is 0 Å². The van der Waals surface area contributed by atoms with Gasteiger partial charge in [0.15, 0.2) is 11.5 Å². The lowest BCUT2D eigenvalue weighted by Crippen LogP contribution is -2.12. The van der Waals surface area contributed by atoms with E-state index in [-0.39, 0.29) is 12.4 Å². The minimum Gasteiger partial charge on any atom is -0.454 e. The molecule has 1 N–H and O–H groups in total. The molecule has 0 saturated carbocycles. The van der Waals surface area contributed by atoms with Gasteiger partial charge in [0.2, 0.25) is 6.79 Å². The van der Waals surface area contributed by atoms with Crippen LogP contribution in [0.4, 0.5) is 17.6 Å². The van der Waals surface area contributed by atoms with E-state index in [1.54, 1.807) is 6.08 Å². The van der Waals surface area contributed by atoms with Gasteiger partial charge in [0, 0.05) is 18.7 Å². The van der Waals surface area contributed by atoms with Crippen LogP contribution in [-0.4, -0.2) is 13.3 Å². The van der Waals surface area contributed by atoms with Gasteiger partial charge >= 0.3 is 6.18 Å². The van der Waals surface area contributed by atoms with E-state index in [0.29, 0.717) is 30.7 Å². The third kappa shape index (κ3) is 4.30. The van der Waals surface area contributed by atoms with Crippen LogP contribution in [0.3, 0.4) is 0 Å². The van der Waals surface area contributed by atoms with E-state index in [0.717, 1.165) is 17.7 Å². The van der Waals surface area contributed by atoms with Crippen molar-refractivity contribution in [3.63, 3.8) is 0 Å². The molecule has 0 spiro atoms. The molecule has 0 fully saturated rings. The lowest BCUT2D eigenvalue weighted by Gasteiger charge is -2.07. The molecule has 2 aromatic rings. The molecule has 0 saturated heterocycles. The Kier molecular flexibility index (Phi) is 4.94. The molecule has 0 bridgehead atoms. The SMILES string of the molecule is Fc1cc(C(F)(F)F)ccc1/C=C/CNCc1ccc2c(c1)OCO2. The van der Waals surface area contributed by atoms with Gasteiger partial charge in [0.25, 0.3) is 0 Å². The molecule has 132 valence electrons. The molecule has 7 heteroatoms. The molecule has 0 unspecified atom stereocenters. The van der Waals surface area contributed by atoms with E-state index < -0.39 is 17.6 Å². The molecule has 1 heterocycles. The van der Waals surface area contributed by atoms with E-state index in [2.05, 4.69) is 5.32 Å². The zero-order valence-corrected chi connectivity index (χ0v) is 13.1. The van der Waals surface area contributed by atoms with Gasteiger partial charge in [-0.3, -0.25) is 0 Å². The summed E-state index contributed by atoms with van der Waals surface area (Å²) >= 11 is 0. The molecule has 0 amide bonds. The predicted octanol–water partition coefficient (Wildman–Crippen LogP) is 4.38. The minimum absolute atomic E-state index is 0.109. The van der Waals surface area contributed by atoms with Crippen molar-refractivity contribution in [2.45, 2.75) is 12.7 Å². The highest BCUT2D eigenvalue weighted by molar-refractivity contribution is 5.51. The first-order valence-electron chi connectivity index (χ1n) is 7.56. The van der Waals surface area contributed by atoms with Crippen LogP contribution in [0.15, 0.2) is 42.5 Å². The molecule has 0 atom stereocenters. The Labute approximate surface area is 141 Å². The number of hydrogen-bond acceptors (Lipinski definition) is 3. The number of hydrogen-bond donors (Lipinski definition) is 1. The van der Waals surface area contributed by atoms with Gasteiger partial charge in [-0.25, -0.2) is 4.39 Å². The fourth-order valence-corrected chi connectivity index (χ4v) is 2.38. The van der Waals surface area contributed by atoms with E-state index in [1.807, 2.05) is 18.2 Å².